The molecule has 2 aromatic rings. The minimum Gasteiger partial charge on any atom is -0.333 e. The molecule has 1 aliphatic heterocycles. The van der Waals surface area contributed by atoms with E-state index in [1.807, 2.05) is 11.8 Å². The van der Waals surface area contributed by atoms with Crippen LogP contribution < -0.4 is 5.32 Å². The molecule has 0 radical (unpaired) electrons. The van der Waals surface area contributed by atoms with E-state index >= 15 is 0 Å². The molecule has 102 valence electrons. The molecule has 3 nitrogen and oxygen atoms in total. The number of aromatic nitrogens is 2. The normalized spacial score (nSPS) is 19.9. The molecule has 0 aliphatic carbocycles. The van der Waals surface area contributed by atoms with Gasteiger partial charge in [0, 0.05) is 5.75 Å². The summed E-state index contributed by atoms with van der Waals surface area (Å²) in [6.45, 7) is 4.53. The highest BCUT2D eigenvalue weighted by molar-refractivity contribution is 7.99. The molecule has 0 spiro atoms. The summed E-state index contributed by atoms with van der Waals surface area (Å²) in [5.41, 5.74) is 3.62. The number of piperidine rings is 1. The topological polar surface area (TPSA) is 40.7 Å². The van der Waals surface area contributed by atoms with Crippen molar-refractivity contribution in [2.45, 2.75) is 31.3 Å². The number of benzene rings is 1. The zero-order valence-corrected chi connectivity index (χ0v) is 12.2. The molecule has 1 saturated heterocycles. The van der Waals surface area contributed by atoms with Crippen LogP contribution in [0.3, 0.4) is 0 Å². The van der Waals surface area contributed by atoms with Gasteiger partial charge in [0.05, 0.1) is 11.0 Å². The van der Waals surface area contributed by atoms with E-state index in [9.17, 15) is 0 Å². The van der Waals surface area contributed by atoms with Crippen molar-refractivity contribution in [2.24, 2.45) is 5.92 Å². The predicted octanol–water partition coefficient (Wildman–Crippen LogP) is 3.22. The molecular weight excluding hydrogens is 254 g/mol. The van der Waals surface area contributed by atoms with E-state index in [0.717, 1.165) is 35.3 Å². The van der Waals surface area contributed by atoms with Crippen LogP contribution in [-0.4, -0.2) is 28.8 Å². The monoisotopic (exact) mass is 275 g/mol. The maximum atomic E-state index is 4.66. The zero-order chi connectivity index (χ0) is 13.1. The van der Waals surface area contributed by atoms with Gasteiger partial charge in [0.1, 0.15) is 0 Å². The summed E-state index contributed by atoms with van der Waals surface area (Å²) < 4.78 is 0. The second-order valence-corrected chi connectivity index (χ2v) is 6.28. The van der Waals surface area contributed by atoms with Crippen molar-refractivity contribution < 1.29 is 0 Å². The van der Waals surface area contributed by atoms with E-state index in [4.69, 9.17) is 0 Å². The summed E-state index contributed by atoms with van der Waals surface area (Å²) in [5, 5.41) is 4.53. The standard InChI is InChI=1S/C15H21N3S/c1-2-11-5-6-13-14(8-11)18-15(17-13)19-10-12-4-3-7-16-9-12/h5-6,8,12,16H,2-4,7,9-10H2,1H3,(H,17,18). The maximum absolute atomic E-state index is 4.66. The van der Waals surface area contributed by atoms with Crippen molar-refractivity contribution in [2.75, 3.05) is 18.8 Å². The maximum Gasteiger partial charge on any atom is 0.166 e. The molecule has 1 unspecified atom stereocenters. The van der Waals surface area contributed by atoms with E-state index in [1.54, 1.807) is 0 Å². The van der Waals surface area contributed by atoms with Gasteiger partial charge in [0.2, 0.25) is 0 Å². The Morgan fingerprint density at radius 3 is 3.16 bits per heavy atom. The Kier molecular flexibility index (Phi) is 4.09. The summed E-state index contributed by atoms with van der Waals surface area (Å²) in [6, 6.07) is 6.51. The number of rotatable bonds is 4. The van der Waals surface area contributed by atoms with Crippen molar-refractivity contribution >= 4 is 22.8 Å². The molecular formula is C15H21N3S. The SMILES string of the molecule is CCc1ccc2nc(SCC3CCCNC3)[nH]c2c1. The van der Waals surface area contributed by atoms with Gasteiger partial charge in [-0.25, -0.2) is 4.98 Å². The van der Waals surface area contributed by atoms with Gasteiger partial charge < -0.3 is 10.3 Å². The molecule has 1 aliphatic rings. The number of thioether (sulfide) groups is 1. The molecule has 1 fully saturated rings. The first-order chi connectivity index (χ1) is 9.35. The highest BCUT2D eigenvalue weighted by Gasteiger charge is 2.14. The number of hydrogen-bond donors (Lipinski definition) is 2. The first-order valence-corrected chi connectivity index (χ1v) is 8.16. The summed E-state index contributed by atoms with van der Waals surface area (Å²) in [7, 11) is 0. The van der Waals surface area contributed by atoms with Crippen LogP contribution in [0.5, 0.6) is 0 Å². The van der Waals surface area contributed by atoms with Crippen molar-refractivity contribution in [1.82, 2.24) is 15.3 Å². The van der Waals surface area contributed by atoms with Crippen molar-refractivity contribution in [3.8, 4) is 0 Å². The fraction of sp³-hybridized carbons (Fsp3) is 0.533. The molecule has 0 bridgehead atoms. The lowest BCUT2D eigenvalue weighted by molar-refractivity contribution is 0.410. The largest absolute Gasteiger partial charge is 0.333 e. The number of imidazole rings is 1. The Labute approximate surface area is 118 Å². The summed E-state index contributed by atoms with van der Waals surface area (Å²) in [5.74, 6) is 1.95. The Bertz CT molecular complexity index is 543. The van der Waals surface area contributed by atoms with Gasteiger partial charge in [-0.15, -0.1) is 0 Å². The lowest BCUT2D eigenvalue weighted by Gasteiger charge is -2.21. The molecule has 3 rings (SSSR count). The lowest BCUT2D eigenvalue weighted by atomic mass is 10.0. The predicted molar refractivity (Wildman–Crippen MR) is 81.8 cm³/mol. The van der Waals surface area contributed by atoms with Crippen LogP contribution >= 0.6 is 11.8 Å². The average molecular weight is 275 g/mol. The number of H-pyrrole nitrogens is 1. The van der Waals surface area contributed by atoms with Crippen LogP contribution in [0.25, 0.3) is 11.0 Å². The average Bonchev–Trinajstić information content (AvgIpc) is 2.88. The van der Waals surface area contributed by atoms with Gasteiger partial charge in [-0.2, -0.15) is 0 Å². The van der Waals surface area contributed by atoms with Gasteiger partial charge in [-0.1, -0.05) is 24.8 Å². The quantitative estimate of drug-likeness (QED) is 0.842. The van der Waals surface area contributed by atoms with E-state index < -0.39 is 0 Å². The fourth-order valence-corrected chi connectivity index (χ4v) is 3.61. The molecule has 1 aromatic carbocycles. The van der Waals surface area contributed by atoms with Crippen LogP contribution in [0.15, 0.2) is 23.4 Å². The first-order valence-electron chi connectivity index (χ1n) is 7.17. The van der Waals surface area contributed by atoms with Gasteiger partial charge in [-0.3, -0.25) is 0 Å². The van der Waals surface area contributed by atoms with Crippen molar-refractivity contribution in [3.63, 3.8) is 0 Å². The Morgan fingerprint density at radius 1 is 1.42 bits per heavy atom. The van der Waals surface area contributed by atoms with Crippen LogP contribution in [0.1, 0.15) is 25.3 Å². The number of fused-ring (bicyclic) bond motifs is 1. The first kappa shape index (κ1) is 13.0. The zero-order valence-electron chi connectivity index (χ0n) is 11.4. The lowest BCUT2D eigenvalue weighted by Crippen LogP contribution is -2.30. The van der Waals surface area contributed by atoms with Gasteiger partial charge >= 0.3 is 0 Å². The van der Waals surface area contributed by atoms with Crippen molar-refractivity contribution in [3.05, 3.63) is 23.8 Å². The van der Waals surface area contributed by atoms with E-state index in [1.165, 1.54) is 30.5 Å². The van der Waals surface area contributed by atoms with Crippen LogP contribution in [-0.2, 0) is 6.42 Å². The molecule has 0 amide bonds. The Hall–Kier alpha value is -1.00. The van der Waals surface area contributed by atoms with E-state index in [0.29, 0.717) is 0 Å². The fourth-order valence-electron chi connectivity index (χ4n) is 2.58. The van der Waals surface area contributed by atoms with Crippen LogP contribution in [0.4, 0.5) is 0 Å². The highest BCUT2D eigenvalue weighted by atomic mass is 32.2. The highest BCUT2D eigenvalue weighted by Crippen LogP contribution is 2.24. The molecule has 1 atom stereocenters. The minimum atomic E-state index is 0.790. The molecule has 19 heavy (non-hydrogen) atoms. The summed E-state index contributed by atoms with van der Waals surface area (Å²) in [6.07, 6.45) is 3.73. The second-order valence-electron chi connectivity index (χ2n) is 5.27. The minimum absolute atomic E-state index is 0.790. The van der Waals surface area contributed by atoms with Crippen LogP contribution in [0.2, 0.25) is 0 Å². The number of aryl methyl sites for hydroxylation is 1. The summed E-state index contributed by atoms with van der Waals surface area (Å²) in [4.78, 5) is 8.10. The molecule has 0 saturated carbocycles. The Balaban J connectivity index is 1.67. The second kappa shape index (κ2) is 5.97. The summed E-state index contributed by atoms with van der Waals surface area (Å²) >= 11 is 1.86. The van der Waals surface area contributed by atoms with E-state index in [2.05, 4.69) is 40.4 Å². The third-order valence-electron chi connectivity index (χ3n) is 3.79. The third kappa shape index (κ3) is 3.12. The van der Waals surface area contributed by atoms with Crippen LogP contribution in [0, 0.1) is 5.92 Å². The molecule has 2 N–H and O–H groups in total. The van der Waals surface area contributed by atoms with Gasteiger partial charge in [0.25, 0.3) is 0 Å². The third-order valence-corrected chi connectivity index (χ3v) is 4.89. The number of nitrogens with one attached hydrogen (secondary N) is 2. The van der Waals surface area contributed by atoms with Crippen molar-refractivity contribution in [1.29, 1.82) is 0 Å². The van der Waals surface area contributed by atoms with Gasteiger partial charge in [0.15, 0.2) is 5.16 Å². The van der Waals surface area contributed by atoms with Gasteiger partial charge in [-0.05, 0) is 56.0 Å². The molecule has 4 heteroatoms. The smallest absolute Gasteiger partial charge is 0.166 e. The number of aromatic amines is 1. The molecule has 1 aromatic heterocycles. The molecule has 2 heterocycles. The van der Waals surface area contributed by atoms with E-state index in [-0.39, 0.29) is 0 Å². The Morgan fingerprint density at radius 2 is 2.37 bits per heavy atom. The number of hydrogen-bond acceptors (Lipinski definition) is 3. The number of nitrogens with zero attached hydrogens (tertiary/aromatic N) is 1.